The summed E-state index contributed by atoms with van der Waals surface area (Å²) in [7, 11) is 0. The minimum absolute atomic E-state index is 0.196. The van der Waals surface area contributed by atoms with Gasteiger partial charge in [-0.1, -0.05) is 36.2 Å². The Bertz CT molecular complexity index is 300. The van der Waals surface area contributed by atoms with E-state index in [-0.39, 0.29) is 5.38 Å². The highest BCUT2D eigenvalue weighted by Crippen LogP contribution is 2.28. The SMILES string of the molecule is CC(Cl)CC(C)Cc1c(Cl)cccc1Cl. The lowest BCUT2D eigenvalue weighted by molar-refractivity contribution is 0.527. The summed E-state index contributed by atoms with van der Waals surface area (Å²) in [5.74, 6) is 0.495. The van der Waals surface area contributed by atoms with Crippen molar-refractivity contribution in [1.82, 2.24) is 0 Å². The minimum Gasteiger partial charge on any atom is -0.123 e. The molecular weight excluding hydrogens is 250 g/mol. The largest absolute Gasteiger partial charge is 0.123 e. The maximum atomic E-state index is 6.09. The lowest BCUT2D eigenvalue weighted by atomic mass is 9.97. The van der Waals surface area contributed by atoms with Crippen LogP contribution in [0.5, 0.6) is 0 Å². The molecule has 2 atom stereocenters. The van der Waals surface area contributed by atoms with Crippen molar-refractivity contribution in [2.24, 2.45) is 5.92 Å². The second-order valence-corrected chi connectivity index (χ2v) is 5.59. The van der Waals surface area contributed by atoms with Gasteiger partial charge in [-0.05, 0) is 43.4 Å². The second-order valence-electron chi connectivity index (χ2n) is 4.03. The monoisotopic (exact) mass is 264 g/mol. The van der Waals surface area contributed by atoms with Crippen LogP contribution < -0.4 is 0 Å². The average molecular weight is 266 g/mol. The molecule has 0 fully saturated rings. The van der Waals surface area contributed by atoms with E-state index in [9.17, 15) is 0 Å². The minimum atomic E-state index is 0.196. The fraction of sp³-hybridized carbons (Fsp3) is 0.500. The molecule has 0 radical (unpaired) electrons. The van der Waals surface area contributed by atoms with E-state index >= 15 is 0 Å². The van der Waals surface area contributed by atoms with Crippen molar-refractivity contribution in [3.8, 4) is 0 Å². The van der Waals surface area contributed by atoms with Crippen LogP contribution in [-0.2, 0) is 6.42 Å². The Balaban J connectivity index is 2.71. The first kappa shape index (κ1) is 13.2. The fourth-order valence-corrected chi connectivity index (χ4v) is 2.57. The molecule has 1 rings (SSSR count). The topological polar surface area (TPSA) is 0 Å². The number of alkyl halides is 1. The Morgan fingerprint density at radius 3 is 2.13 bits per heavy atom. The van der Waals surface area contributed by atoms with E-state index < -0.39 is 0 Å². The van der Waals surface area contributed by atoms with Gasteiger partial charge in [-0.25, -0.2) is 0 Å². The first-order valence-electron chi connectivity index (χ1n) is 5.07. The summed E-state index contributed by atoms with van der Waals surface area (Å²) >= 11 is 18.1. The van der Waals surface area contributed by atoms with Gasteiger partial charge in [0.1, 0.15) is 0 Å². The molecule has 0 spiro atoms. The molecule has 0 amide bonds. The second kappa shape index (κ2) is 5.98. The summed E-state index contributed by atoms with van der Waals surface area (Å²) in [5.41, 5.74) is 1.03. The molecule has 0 heterocycles. The molecule has 0 aliphatic carbocycles. The molecule has 0 saturated carbocycles. The van der Waals surface area contributed by atoms with Crippen LogP contribution in [0.25, 0.3) is 0 Å². The van der Waals surface area contributed by atoms with Crippen LogP contribution in [0.2, 0.25) is 10.0 Å². The fourth-order valence-electron chi connectivity index (χ4n) is 1.71. The van der Waals surface area contributed by atoms with Crippen molar-refractivity contribution in [3.63, 3.8) is 0 Å². The molecule has 0 bridgehead atoms. The summed E-state index contributed by atoms with van der Waals surface area (Å²) in [5, 5.41) is 1.69. The molecular formula is C12H15Cl3. The molecule has 0 nitrogen and oxygen atoms in total. The van der Waals surface area contributed by atoms with Crippen LogP contribution in [0.3, 0.4) is 0 Å². The van der Waals surface area contributed by atoms with Gasteiger partial charge in [-0.2, -0.15) is 0 Å². The lowest BCUT2D eigenvalue weighted by Gasteiger charge is -2.14. The van der Waals surface area contributed by atoms with Gasteiger partial charge in [0.2, 0.25) is 0 Å². The van der Waals surface area contributed by atoms with Crippen LogP contribution in [0, 0.1) is 5.92 Å². The average Bonchev–Trinajstić information content (AvgIpc) is 2.10. The first-order chi connectivity index (χ1) is 7.00. The van der Waals surface area contributed by atoms with Gasteiger partial charge in [-0.3, -0.25) is 0 Å². The first-order valence-corrected chi connectivity index (χ1v) is 6.27. The van der Waals surface area contributed by atoms with Gasteiger partial charge in [0.25, 0.3) is 0 Å². The van der Waals surface area contributed by atoms with Crippen molar-refractivity contribution in [1.29, 1.82) is 0 Å². The Kier molecular flexibility index (Phi) is 5.25. The number of hydrogen-bond acceptors (Lipinski definition) is 0. The van der Waals surface area contributed by atoms with E-state index in [1.165, 1.54) is 0 Å². The molecule has 0 saturated heterocycles. The molecule has 0 aromatic heterocycles. The highest BCUT2D eigenvalue weighted by Gasteiger charge is 2.12. The highest BCUT2D eigenvalue weighted by atomic mass is 35.5. The van der Waals surface area contributed by atoms with Gasteiger partial charge in [0.15, 0.2) is 0 Å². The van der Waals surface area contributed by atoms with Crippen LogP contribution in [-0.4, -0.2) is 5.38 Å². The molecule has 84 valence electrons. The van der Waals surface area contributed by atoms with E-state index in [0.29, 0.717) is 5.92 Å². The van der Waals surface area contributed by atoms with Gasteiger partial charge in [-0.15, -0.1) is 11.6 Å². The maximum absolute atomic E-state index is 6.09. The Hall–Kier alpha value is 0.0900. The predicted octanol–water partition coefficient (Wildman–Crippen LogP) is 5.19. The zero-order chi connectivity index (χ0) is 11.4. The Morgan fingerprint density at radius 1 is 1.13 bits per heavy atom. The van der Waals surface area contributed by atoms with Crippen LogP contribution in [0.1, 0.15) is 25.8 Å². The highest BCUT2D eigenvalue weighted by molar-refractivity contribution is 6.36. The van der Waals surface area contributed by atoms with Gasteiger partial charge in [0, 0.05) is 15.4 Å². The quantitative estimate of drug-likeness (QED) is 0.657. The van der Waals surface area contributed by atoms with E-state index in [1.807, 2.05) is 25.1 Å². The number of hydrogen-bond donors (Lipinski definition) is 0. The smallest absolute Gasteiger partial charge is 0.0452 e. The third-order valence-corrected chi connectivity index (χ3v) is 3.23. The number of rotatable bonds is 4. The lowest BCUT2D eigenvalue weighted by Crippen LogP contribution is -2.06. The van der Waals surface area contributed by atoms with Crippen molar-refractivity contribution in [2.75, 3.05) is 0 Å². The molecule has 0 aliphatic heterocycles. The zero-order valence-electron chi connectivity index (χ0n) is 8.93. The summed E-state index contributed by atoms with van der Waals surface area (Å²) in [4.78, 5) is 0. The van der Waals surface area contributed by atoms with Crippen molar-refractivity contribution in [2.45, 2.75) is 32.1 Å². The molecule has 1 aromatic carbocycles. The van der Waals surface area contributed by atoms with Crippen molar-refractivity contribution < 1.29 is 0 Å². The summed E-state index contributed by atoms with van der Waals surface area (Å²) in [6.45, 7) is 4.17. The van der Waals surface area contributed by atoms with Crippen LogP contribution in [0.4, 0.5) is 0 Å². The van der Waals surface area contributed by atoms with E-state index in [0.717, 1.165) is 28.5 Å². The van der Waals surface area contributed by atoms with Gasteiger partial charge >= 0.3 is 0 Å². The van der Waals surface area contributed by atoms with Crippen molar-refractivity contribution in [3.05, 3.63) is 33.8 Å². The van der Waals surface area contributed by atoms with E-state index in [2.05, 4.69) is 6.92 Å². The van der Waals surface area contributed by atoms with Crippen LogP contribution in [0.15, 0.2) is 18.2 Å². The predicted molar refractivity (Wildman–Crippen MR) is 69.3 cm³/mol. The molecule has 0 N–H and O–H groups in total. The van der Waals surface area contributed by atoms with E-state index in [4.69, 9.17) is 34.8 Å². The molecule has 1 aromatic rings. The molecule has 2 unspecified atom stereocenters. The van der Waals surface area contributed by atoms with Gasteiger partial charge < -0.3 is 0 Å². The number of halogens is 3. The Labute approximate surface area is 107 Å². The maximum Gasteiger partial charge on any atom is 0.0452 e. The van der Waals surface area contributed by atoms with Crippen LogP contribution >= 0.6 is 34.8 Å². The summed E-state index contributed by atoms with van der Waals surface area (Å²) < 4.78 is 0. The van der Waals surface area contributed by atoms with E-state index in [1.54, 1.807) is 0 Å². The summed E-state index contributed by atoms with van der Waals surface area (Å²) in [6, 6.07) is 5.61. The number of benzene rings is 1. The molecule has 0 aliphatic rings. The third kappa shape index (κ3) is 4.22. The third-order valence-electron chi connectivity index (χ3n) is 2.34. The molecule has 15 heavy (non-hydrogen) atoms. The Morgan fingerprint density at radius 2 is 1.67 bits per heavy atom. The zero-order valence-corrected chi connectivity index (χ0v) is 11.2. The molecule has 3 heteroatoms. The summed E-state index contributed by atoms with van der Waals surface area (Å²) in [6.07, 6.45) is 1.86. The standard InChI is InChI=1S/C12H15Cl3/c1-8(6-9(2)13)7-10-11(14)4-3-5-12(10)15/h3-5,8-9H,6-7H2,1-2H3. The normalized spacial score (nSPS) is 15.0. The van der Waals surface area contributed by atoms with Crippen molar-refractivity contribution >= 4 is 34.8 Å². The van der Waals surface area contributed by atoms with Gasteiger partial charge in [0.05, 0.1) is 0 Å².